The van der Waals surface area contributed by atoms with Gasteiger partial charge in [0.25, 0.3) is 0 Å². The van der Waals surface area contributed by atoms with Crippen molar-refractivity contribution in [2.24, 2.45) is 0 Å². The molecule has 2 aromatic rings. The van der Waals surface area contributed by atoms with Gasteiger partial charge in [0.15, 0.2) is 0 Å². The molecule has 6 heteroatoms. The number of hydrogen-bond donors (Lipinski definition) is 3. The SMILES string of the molecule is O=C(NCc1ccc(Cl)cc1)C(=O)NCC1(O)CCc2ccccc2C1. The summed E-state index contributed by atoms with van der Waals surface area (Å²) in [5.41, 5.74) is 2.13. The Morgan fingerprint density at radius 3 is 2.38 bits per heavy atom. The monoisotopic (exact) mass is 372 g/mol. The van der Waals surface area contributed by atoms with E-state index < -0.39 is 17.4 Å². The number of halogens is 1. The molecule has 2 aromatic carbocycles. The van der Waals surface area contributed by atoms with Crippen LogP contribution in [0.3, 0.4) is 0 Å². The van der Waals surface area contributed by atoms with Crippen LogP contribution >= 0.6 is 11.6 Å². The number of carbonyl (C=O) groups is 2. The largest absolute Gasteiger partial charge is 0.388 e. The minimum absolute atomic E-state index is 0.0501. The lowest BCUT2D eigenvalue weighted by molar-refractivity contribution is -0.140. The van der Waals surface area contributed by atoms with Crippen molar-refractivity contribution in [3.05, 3.63) is 70.2 Å². The summed E-state index contributed by atoms with van der Waals surface area (Å²) >= 11 is 5.81. The molecule has 0 aliphatic heterocycles. The highest BCUT2D eigenvalue weighted by molar-refractivity contribution is 6.35. The molecule has 1 unspecified atom stereocenters. The van der Waals surface area contributed by atoms with Crippen molar-refractivity contribution in [3.63, 3.8) is 0 Å². The molecule has 3 rings (SSSR count). The fourth-order valence-electron chi connectivity index (χ4n) is 3.12. The Morgan fingerprint density at radius 1 is 1.00 bits per heavy atom. The zero-order valence-corrected chi connectivity index (χ0v) is 15.1. The number of carbonyl (C=O) groups excluding carboxylic acids is 2. The highest BCUT2D eigenvalue weighted by Crippen LogP contribution is 2.28. The number of rotatable bonds is 4. The highest BCUT2D eigenvalue weighted by atomic mass is 35.5. The number of aliphatic hydroxyl groups is 1. The number of fused-ring (bicyclic) bond motifs is 1. The molecular weight excluding hydrogens is 352 g/mol. The van der Waals surface area contributed by atoms with Crippen LogP contribution in [0, 0.1) is 0 Å². The van der Waals surface area contributed by atoms with Crippen LogP contribution in [-0.2, 0) is 29.0 Å². The summed E-state index contributed by atoms with van der Waals surface area (Å²) in [6, 6.07) is 15.0. The molecule has 1 atom stereocenters. The lowest BCUT2D eigenvalue weighted by Crippen LogP contribution is -2.50. The number of hydrogen-bond acceptors (Lipinski definition) is 3. The fraction of sp³-hybridized carbons (Fsp3) is 0.300. The average molecular weight is 373 g/mol. The van der Waals surface area contributed by atoms with Crippen LogP contribution in [0.5, 0.6) is 0 Å². The van der Waals surface area contributed by atoms with E-state index in [4.69, 9.17) is 11.6 Å². The van der Waals surface area contributed by atoms with Crippen molar-refractivity contribution in [2.45, 2.75) is 31.4 Å². The highest BCUT2D eigenvalue weighted by Gasteiger charge is 2.32. The van der Waals surface area contributed by atoms with Gasteiger partial charge >= 0.3 is 11.8 Å². The van der Waals surface area contributed by atoms with Gasteiger partial charge in [0, 0.05) is 24.5 Å². The second kappa shape index (κ2) is 7.89. The van der Waals surface area contributed by atoms with E-state index in [-0.39, 0.29) is 13.1 Å². The van der Waals surface area contributed by atoms with Gasteiger partial charge in [-0.25, -0.2) is 0 Å². The first-order valence-corrected chi connectivity index (χ1v) is 8.93. The lowest BCUT2D eigenvalue weighted by Gasteiger charge is -2.33. The standard InChI is InChI=1S/C20H21ClN2O3/c21-17-7-5-14(6-8-17)12-22-18(24)19(25)23-13-20(26)10-9-15-3-1-2-4-16(15)11-20/h1-8,26H,9-13H2,(H,22,24)(H,23,25). The molecule has 0 saturated carbocycles. The van der Waals surface area contributed by atoms with Gasteiger partial charge in [-0.1, -0.05) is 48.0 Å². The van der Waals surface area contributed by atoms with Crippen molar-refractivity contribution in [1.82, 2.24) is 10.6 Å². The second-order valence-corrected chi connectivity index (χ2v) is 7.10. The Kier molecular flexibility index (Phi) is 5.59. The van der Waals surface area contributed by atoms with Crippen LogP contribution in [-0.4, -0.2) is 29.1 Å². The van der Waals surface area contributed by atoms with Crippen LogP contribution in [0.1, 0.15) is 23.1 Å². The van der Waals surface area contributed by atoms with Crippen molar-refractivity contribution >= 4 is 23.4 Å². The van der Waals surface area contributed by atoms with Gasteiger partial charge in [-0.3, -0.25) is 9.59 Å². The predicted octanol–water partition coefficient (Wildman–Crippen LogP) is 1.99. The van der Waals surface area contributed by atoms with Gasteiger partial charge < -0.3 is 15.7 Å². The van der Waals surface area contributed by atoms with E-state index in [1.165, 1.54) is 5.56 Å². The average Bonchev–Trinajstić information content (AvgIpc) is 2.65. The molecule has 0 radical (unpaired) electrons. The van der Waals surface area contributed by atoms with E-state index in [1.807, 2.05) is 18.2 Å². The van der Waals surface area contributed by atoms with Crippen molar-refractivity contribution in [2.75, 3.05) is 6.54 Å². The summed E-state index contributed by atoms with van der Waals surface area (Å²) in [6.07, 6.45) is 1.78. The third-order valence-electron chi connectivity index (χ3n) is 4.65. The lowest BCUT2D eigenvalue weighted by atomic mass is 9.80. The Labute approximate surface area is 157 Å². The zero-order chi connectivity index (χ0) is 18.6. The van der Waals surface area contributed by atoms with Crippen molar-refractivity contribution < 1.29 is 14.7 Å². The van der Waals surface area contributed by atoms with Gasteiger partial charge in [0.1, 0.15) is 0 Å². The van der Waals surface area contributed by atoms with Crippen molar-refractivity contribution in [3.8, 4) is 0 Å². The fourth-order valence-corrected chi connectivity index (χ4v) is 3.25. The van der Waals surface area contributed by atoms with E-state index in [1.54, 1.807) is 24.3 Å². The summed E-state index contributed by atoms with van der Waals surface area (Å²) < 4.78 is 0. The molecule has 5 nitrogen and oxygen atoms in total. The van der Waals surface area contributed by atoms with Gasteiger partial charge in [0.05, 0.1) is 5.60 Å². The van der Waals surface area contributed by atoms with Gasteiger partial charge in [0.2, 0.25) is 0 Å². The molecule has 1 aliphatic rings. The first-order chi connectivity index (χ1) is 12.5. The normalized spacial score (nSPS) is 18.7. The summed E-state index contributed by atoms with van der Waals surface area (Å²) in [5.74, 6) is -1.47. The molecule has 0 aromatic heterocycles. The van der Waals surface area contributed by atoms with Crippen LogP contribution < -0.4 is 10.6 Å². The first kappa shape index (κ1) is 18.4. The maximum atomic E-state index is 12.0. The first-order valence-electron chi connectivity index (χ1n) is 8.55. The molecule has 1 aliphatic carbocycles. The summed E-state index contributed by atoms with van der Waals surface area (Å²) in [7, 11) is 0. The van der Waals surface area contributed by atoms with E-state index in [0.29, 0.717) is 17.9 Å². The number of aryl methyl sites for hydroxylation is 1. The third kappa shape index (κ3) is 4.62. The number of nitrogens with one attached hydrogen (secondary N) is 2. The summed E-state index contributed by atoms with van der Waals surface area (Å²) in [5, 5.41) is 16.4. The van der Waals surface area contributed by atoms with Gasteiger partial charge in [-0.05, 0) is 41.7 Å². The minimum Gasteiger partial charge on any atom is -0.388 e. The van der Waals surface area contributed by atoms with Crippen molar-refractivity contribution in [1.29, 1.82) is 0 Å². The molecule has 0 saturated heterocycles. The van der Waals surface area contributed by atoms with E-state index in [2.05, 4.69) is 16.7 Å². The molecule has 0 heterocycles. The quantitative estimate of drug-likeness (QED) is 0.718. The minimum atomic E-state index is -1.03. The smallest absolute Gasteiger partial charge is 0.309 e. The van der Waals surface area contributed by atoms with Crippen LogP contribution in [0.4, 0.5) is 0 Å². The van der Waals surface area contributed by atoms with E-state index >= 15 is 0 Å². The van der Waals surface area contributed by atoms with Gasteiger partial charge in [-0.2, -0.15) is 0 Å². The Morgan fingerprint density at radius 2 is 1.65 bits per heavy atom. The maximum Gasteiger partial charge on any atom is 0.309 e. The molecule has 136 valence electrons. The zero-order valence-electron chi connectivity index (χ0n) is 14.3. The molecule has 26 heavy (non-hydrogen) atoms. The van der Waals surface area contributed by atoms with E-state index in [9.17, 15) is 14.7 Å². The Bertz CT molecular complexity index is 807. The summed E-state index contributed by atoms with van der Waals surface area (Å²) in [4.78, 5) is 23.9. The molecule has 2 amide bonds. The number of benzene rings is 2. The topological polar surface area (TPSA) is 78.4 Å². The second-order valence-electron chi connectivity index (χ2n) is 6.66. The third-order valence-corrected chi connectivity index (χ3v) is 4.90. The molecular formula is C20H21ClN2O3. The number of amides is 2. The summed E-state index contributed by atoms with van der Waals surface area (Å²) in [6.45, 7) is 0.287. The van der Waals surface area contributed by atoms with Gasteiger partial charge in [-0.15, -0.1) is 0 Å². The molecule has 0 spiro atoms. The van der Waals surface area contributed by atoms with Crippen LogP contribution in [0.25, 0.3) is 0 Å². The molecule has 3 N–H and O–H groups in total. The van der Waals surface area contributed by atoms with E-state index in [0.717, 1.165) is 17.5 Å². The van der Waals surface area contributed by atoms with Crippen LogP contribution in [0.2, 0.25) is 5.02 Å². The Hall–Kier alpha value is -2.37. The molecule has 0 bridgehead atoms. The maximum absolute atomic E-state index is 12.0. The Balaban J connectivity index is 1.49. The molecule has 0 fully saturated rings. The predicted molar refractivity (Wildman–Crippen MR) is 99.7 cm³/mol. The van der Waals surface area contributed by atoms with Crippen LogP contribution in [0.15, 0.2) is 48.5 Å².